The predicted octanol–water partition coefficient (Wildman–Crippen LogP) is 1.36. The Morgan fingerprint density at radius 3 is 1.96 bits per heavy atom. The van der Waals surface area contributed by atoms with Gasteiger partial charge in [-0.3, -0.25) is 23.6 Å². The fraction of sp³-hybridized carbons (Fsp3) is 0.312. The van der Waals surface area contributed by atoms with Crippen molar-refractivity contribution in [3.05, 3.63) is 42.2 Å². The van der Waals surface area contributed by atoms with Gasteiger partial charge in [-0.1, -0.05) is 0 Å². The fourth-order valence-corrected chi connectivity index (χ4v) is 2.41. The highest BCUT2D eigenvalue weighted by atomic mass is 16.2. The second-order valence-electron chi connectivity index (χ2n) is 5.64. The smallest absolute Gasteiger partial charge is 0.277 e. The van der Waals surface area contributed by atoms with Crippen molar-refractivity contribution < 1.29 is 9.59 Å². The second kappa shape index (κ2) is 7.21. The number of hydrogen-bond acceptors (Lipinski definition) is 5. The summed E-state index contributed by atoms with van der Waals surface area (Å²) in [5.41, 5.74) is 1.31. The summed E-state index contributed by atoms with van der Waals surface area (Å²) in [5.74, 6) is -0.904. The van der Waals surface area contributed by atoms with Crippen LogP contribution in [-0.2, 0) is 20.1 Å². The SMILES string of the molecule is CCn1cc(NC(=O)c2cn(C)nc2C(=O)Nc2cnn(CC)c2)cn1. The van der Waals surface area contributed by atoms with Crippen molar-refractivity contribution in [1.82, 2.24) is 29.3 Å². The van der Waals surface area contributed by atoms with Crippen LogP contribution < -0.4 is 10.6 Å². The Bertz CT molecular complexity index is 862. The molecular weight excluding hydrogens is 336 g/mol. The molecule has 3 aromatic heterocycles. The number of nitrogens with zero attached hydrogens (tertiary/aromatic N) is 6. The minimum Gasteiger partial charge on any atom is -0.319 e. The molecule has 0 aliphatic rings. The van der Waals surface area contributed by atoms with E-state index in [0.717, 1.165) is 0 Å². The van der Waals surface area contributed by atoms with Gasteiger partial charge in [0.1, 0.15) is 0 Å². The quantitative estimate of drug-likeness (QED) is 0.692. The number of aromatic nitrogens is 6. The molecule has 3 rings (SSSR count). The van der Waals surface area contributed by atoms with Crippen LogP contribution in [-0.4, -0.2) is 41.2 Å². The van der Waals surface area contributed by atoms with E-state index in [9.17, 15) is 9.59 Å². The summed E-state index contributed by atoms with van der Waals surface area (Å²) in [6.07, 6.45) is 8.02. The van der Waals surface area contributed by atoms with Crippen molar-refractivity contribution in [3.63, 3.8) is 0 Å². The third-order valence-corrected chi connectivity index (χ3v) is 3.72. The molecule has 2 N–H and O–H groups in total. The molecule has 26 heavy (non-hydrogen) atoms. The van der Waals surface area contributed by atoms with Crippen LogP contribution in [0, 0.1) is 0 Å². The van der Waals surface area contributed by atoms with Crippen LogP contribution in [0.25, 0.3) is 0 Å². The maximum atomic E-state index is 12.6. The normalized spacial score (nSPS) is 10.7. The van der Waals surface area contributed by atoms with Crippen LogP contribution in [0.2, 0.25) is 0 Å². The number of anilines is 2. The molecule has 0 spiro atoms. The molecule has 2 amide bonds. The summed E-state index contributed by atoms with van der Waals surface area (Å²) in [6, 6.07) is 0. The minimum atomic E-state index is -0.476. The Hall–Kier alpha value is -3.43. The third-order valence-electron chi connectivity index (χ3n) is 3.72. The summed E-state index contributed by atoms with van der Waals surface area (Å²) < 4.78 is 4.81. The first-order valence-corrected chi connectivity index (χ1v) is 8.21. The number of aryl methyl sites for hydroxylation is 3. The topological polar surface area (TPSA) is 112 Å². The maximum Gasteiger partial charge on any atom is 0.277 e. The molecule has 10 nitrogen and oxygen atoms in total. The van der Waals surface area contributed by atoms with E-state index in [2.05, 4.69) is 25.9 Å². The first-order valence-electron chi connectivity index (χ1n) is 8.21. The number of amides is 2. The Morgan fingerprint density at radius 1 is 0.923 bits per heavy atom. The average molecular weight is 356 g/mol. The van der Waals surface area contributed by atoms with Gasteiger partial charge in [-0.15, -0.1) is 0 Å². The van der Waals surface area contributed by atoms with Crippen molar-refractivity contribution in [1.29, 1.82) is 0 Å². The van der Waals surface area contributed by atoms with Crippen LogP contribution in [0.4, 0.5) is 11.4 Å². The van der Waals surface area contributed by atoms with Gasteiger partial charge in [0.25, 0.3) is 11.8 Å². The Kier molecular flexibility index (Phi) is 4.83. The number of hydrogen-bond donors (Lipinski definition) is 2. The molecule has 0 bridgehead atoms. The summed E-state index contributed by atoms with van der Waals surface area (Å²) in [4.78, 5) is 25.1. The molecule has 0 fully saturated rings. The van der Waals surface area contributed by atoms with E-state index in [1.807, 2.05) is 13.8 Å². The van der Waals surface area contributed by atoms with E-state index in [4.69, 9.17) is 0 Å². The molecule has 0 atom stereocenters. The highest BCUT2D eigenvalue weighted by molar-refractivity contribution is 6.14. The van der Waals surface area contributed by atoms with Gasteiger partial charge < -0.3 is 10.6 Å². The highest BCUT2D eigenvalue weighted by Gasteiger charge is 2.22. The molecular formula is C16H20N8O2. The molecule has 0 aliphatic heterocycles. The monoisotopic (exact) mass is 356 g/mol. The van der Waals surface area contributed by atoms with E-state index < -0.39 is 11.8 Å². The van der Waals surface area contributed by atoms with Gasteiger partial charge in [0.05, 0.1) is 29.3 Å². The van der Waals surface area contributed by atoms with E-state index in [1.54, 1.807) is 41.2 Å². The van der Waals surface area contributed by atoms with Gasteiger partial charge in [0, 0.05) is 38.7 Å². The van der Waals surface area contributed by atoms with Crippen molar-refractivity contribution >= 4 is 23.2 Å². The third kappa shape index (κ3) is 3.63. The fourth-order valence-electron chi connectivity index (χ4n) is 2.41. The molecule has 10 heteroatoms. The van der Waals surface area contributed by atoms with Gasteiger partial charge in [-0.25, -0.2) is 0 Å². The van der Waals surface area contributed by atoms with Crippen molar-refractivity contribution in [2.75, 3.05) is 10.6 Å². The summed E-state index contributed by atoms with van der Waals surface area (Å²) >= 11 is 0. The van der Waals surface area contributed by atoms with Gasteiger partial charge >= 0.3 is 0 Å². The van der Waals surface area contributed by atoms with E-state index in [1.165, 1.54) is 10.9 Å². The zero-order chi connectivity index (χ0) is 18.7. The number of carbonyl (C=O) groups excluding carboxylic acids is 2. The van der Waals surface area contributed by atoms with Crippen LogP contribution in [0.5, 0.6) is 0 Å². The molecule has 3 aromatic rings. The zero-order valence-corrected chi connectivity index (χ0v) is 14.8. The standard InChI is InChI=1S/C16H20N8O2/c1-4-23-8-11(6-17-23)19-15(25)13-10-22(3)21-14(13)16(26)20-12-7-18-24(5-2)9-12/h6-10H,4-5H2,1-3H3,(H,19,25)(H,20,26). The van der Waals surface area contributed by atoms with E-state index >= 15 is 0 Å². The largest absolute Gasteiger partial charge is 0.319 e. The van der Waals surface area contributed by atoms with E-state index in [0.29, 0.717) is 24.5 Å². The minimum absolute atomic E-state index is 0.0390. The van der Waals surface area contributed by atoms with E-state index in [-0.39, 0.29) is 11.3 Å². The van der Waals surface area contributed by atoms with Crippen molar-refractivity contribution in [3.8, 4) is 0 Å². The van der Waals surface area contributed by atoms with Gasteiger partial charge in [0.15, 0.2) is 5.69 Å². The number of nitrogens with one attached hydrogen (secondary N) is 2. The number of carbonyl (C=O) groups is 2. The zero-order valence-electron chi connectivity index (χ0n) is 14.8. The van der Waals surface area contributed by atoms with Crippen LogP contribution in [0.3, 0.4) is 0 Å². The molecule has 136 valence electrons. The van der Waals surface area contributed by atoms with Gasteiger partial charge in [0.2, 0.25) is 0 Å². The summed E-state index contributed by atoms with van der Waals surface area (Å²) in [6.45, 7) is 5.28. The van der Waals surface area contributed by atoms with Crippen LogP contribution in [0.15, 0.2) is 31.0 Å². The molecule has 0 aromatic carbocycles. The maximum absolute atomic E-state index is 12.6. The summed E-state index contributed by atoms with van der Waals surface area (Å²) in [7, 11) is 1.65. The Morgan fingerprint density at radius 2 is 1.46 bits per heavy atom. The molecule has 3 heterocycles. The molecule has 0 unspecified atom stereocenters. The lowest BCUT2D eigenvalue weighted by Gasteiger charge is -2.03. The Balaban J connectivity index is 1.78. The lowest BCUT2D eigenvalue weighted by molar-refractivity contribution is 0.0988. The lowest BCUT2D eigenvalue weighted by atomic mass is 10.2. The molecule has 0 saturated heterocycles. The molecule has 0 saturated carbocycles. The average Bonchev–Trinajstić information content (AvgIpc) is 3.34. The van der Waals surface area contributed by atoms with Crippen molar-refractivity contribution in [2.24, 2.45) is 7.05 Å². The first-order chi connectivity index (χ1) is 12.5. The lowest BCUT2D eigenvalue weighted by Crippen LogP contribution is -2.19. The predicted molar refractivity (Wildman–Crippen MR) is 94.9 cm³/mol. The Labute approximate surface area is 149 Å². The first kappa shape index (κ1) is 17.4. The van der Waals surface area contributed by atoms with Gasteiger partial charge in [-0.05, 0) is 13.8 Å². The van der Waals surface area contributed by atoms with Crippen LogP contribution >= 0.6 is 0 Å². The number of rotatable bonds is 6. The molecule has 0 aliphatic carbocycles. The second-order valence-corrected chi connectivity index (χ2v) is 5.64. The van der Waals surface area contributed by atoms with Crippen molar-refractivity contribution in [2.45, 2.75) is 26.9 Å². The highest BCUT2D eigenvalue weighted by Crippen LogP contribution is 2.14. The molecule has 0 radical (unpaired) electrons. The van der Waals surface area contributed by atoms with Gasteiger partial charge in [-0.2, -0.15) is 15.3 Å². The van der Waals surface area contributed by atoms with Crippen LogP contribution in [0.1, 0.15) is 34.7 Å². The summed E-state index contributed by atoms with van der Waals surface area (Å²) in [5, 5.41) is 17.7.